The van der Waals surface area contributed by atoms with E-state index in [2.05, 4.69) is 16.4 Å². The molecule has 0 unspecified atom stereocenters. The van der Waals surface area contributed by atoms with Crippen LogP contribution in [0.15, 0.2) is 24.3 Å². The van der Waals surface area contributed by atoms with Gasteiger partial charge in [0.25, 0.3) is 5.91 Å². The highest BCUT2D eigenvalue weighted by Gasteiger charge is 2.26. The number of pyridine rings is 1. The Kier molecular flexibility index (Phi) is 5.01. The van der Waals surface area contributed by atoms with Gasteiger partial charge in [0.1, 0.15) is 27.2 Å². The molecule has 0 aliphatic rings. The van der Waals surface area contributed by atoms with Crippen LogP contribution in [0.25, 0.3) is 21.3 Å². The van der Waals surface area contributed by atoms with E-state index in [1.807, 2.05) is 52.0 Å². The van der Waals surface area contributed by atoms with Crippen LogP contribution in [0.3, 0.4) is 0 Å². The second-order valence-corrected chi connectivity index (χ2v) is 8.44. The van der Waals surface area contributed by atoms with Gasteiger partial charge in [0.05, 0.1) is 5.69 Å². The zero-order chi connectivity index (χ0) is 20.6. The lowest BCUT2D eigenvalue weighted by atomic mass is 9.96. The maximum absolute atomic E-state index is 12.8. The Hall–Kier alpha value is -3.11. The van der Waals surface area contributed by atoms with E-state index in [0.29, 0.717) is 26.3 Å². The second kappa shape index (κ2) is 7.13. The summed E-state index contributed by atoms with van der Waals surface area (Å²) in [4.78, 5) is 18.1. The summed E-state index contributed by atoms with van der Waals surface area (Å²) >= 11 is 1.19. The number of carbonyl (C=O) groups excluding carboxylic acids is 1. The van der Waals surface area contributed by atoms with Crippen LogP contribution in [0.4, 0.5) is 11.5 Å². The van der Waals surface area contributed by atoms with E-state index < -0.39 is 0 Å². The third kappa shape index (κ3) is 3.39. The van der Waals surface area contributed by atoms with Crippen LogP contribution in [-0.2, 0) is 0 Å². The van der Waals surface area contributed by atoms with Gasteiger partial charge in [0.15, 0.2) is 0 Å². The SMILES string of the molecule is CCC(C)(C)NC(=O)c1sc2nc(N)c(C#N)c(-c3ccc(C)cc3)c2c1N. The molecule has 0 saturated carbocycles. The van der Waals surface area contributed by atoms with Crippen molar-refractivity contribution in [2.75, 3.05) is 11.5 Å². The van der Waals surface area contributed by atoms with E-state index in [1.54, 1.807) is 0 Å². The number of nitrogens with zero attached hydrogens (tertiary/aromatic N) is 2. The molecule has 0 aliphatic carbocycles. The molecule has 0 saturated heterocycles. The first-order valence-electron chi connectivity index (χ1n) is 8.99. The molecule has 1 amide bonds. The predicted molar refractivity (Wildman–Crippen MR) is 115 cm³/mol. The Morgan fingerprint density at radius 3 is 2.50 bits per heavy atom. The lowest BCUT2D eigenvalue weighted by molar-refractivity contribution is 0.0916. The van der Waals surface area contributed by atoms with E-state index in [9.17, 15) is 10.1 Å². The van der Waals surface area contributed by atoms with Gasteiger partial charge < -0.3 is 16.8 Å². The molecule has 6 nitrogen and oxygen atoms in total. The number of nitrogens with one attached hydrogen (secondary N) is 1. The summed E-state index contributed by atoms with van der Waals surface area (Å²) in [6, 6.07) is 9.89. The number of nitrogen functional groups attached to an aromatic ring is 2. The summed E-state index contributed by atoms with van der Waals surface area (Å²) in [6.45, 7) is 7.90. The van der Waals surface area contributed by atoms with Crippen molar-refractivity contribution in [2.24, 2.45) is 0 Å². The van der Waals surface area contributed by atoms with Crippen LogP contribution in [0.1, 0.15) is 48.0 Å². The molecule has 0 fully saturated rings. The smallest absolute Gasteiger partial charge is 0.263 e. The van der Waals surface area contributed by atoms with Gasteiger partial charge in [-0.05, 0) is 32.8 Å². The van der Waals surface area contributed by atoms with E-state index in [4.69, 9.17) is 11.5 Å². The van der Waals surface area contributed by atoms with Gasteiger partial charge in [-0.1, -0.05) is 36.8 Å². The van der Waals surface area contributed by atoms with Crippen molar-refractivity contribution < 1.29 is 4.79 Å². The van der Waals surface area contributed by atoms with E-state index in [1.165, 1.54) is 11.3 Å². The minimum atomic E-state index is -0.357. The zero-order valence-electron chi connectivity index (χ0n) is 16.4. The zero-order valence-corrected chi connectivity index (χ0v) is 17.2. The summed E-state index contributed by atoms with van der Waals surface area (Å²) in [5.74, 6) is -0.119. The number of anilines is 2. The van der Waals surface area contributed by atoms with Crippen molar-refractivity contribution in [2.45, 2.75) is 39.7 Å². The number of hydrogen-bond acceptors (Lipinski definition) is 6. The molecule has 3 aromatic rings. The first-order valence-corrected chi connectivity index (χ1v) is 9.81. The number of amides is 1. The van der Waals surface area contributed by atoms with Gasteiger partial charge in [0, 0.05) is 16.5 Å². The van der Waals surface area contributed by atoms with Gasteiger partial charge in [0.2, 0.25) is 0 Å². The van der Waals surface area contributed by atoms with Gasteiger partial charge in [-0.3, -0.25) is 4.79 Å². The van der Waals surface area contributed by atoms with E-state index in [-0.39, 0.29) is 22.8 Å². The Morgan fingerprint density at radius 2 is 1.93 bits per heavy atom. The third-order valence-electron chi connectivity index (χ3n) is 4.90. The Morgan fingerprint density at radius 1 is 1.29 bits per heavy atom. The highest BCUT2D eigenvalue weighted by Crippen LogP contribution is 2.42. The molecular formula is C21H23N5OS. The summed E-state index contributed by atoms with van der Waals surface area (Å²) in [6.07, 6.45) is 0.780. The number of fused-ring (bicyclic) bond motifs is 1. The Bertz CT molecular complexity index is 1110. The summed E-state index contributed by atoms with van der Waals surface area (Å²) in [7, 11) is 0. The summed E-state index contributed by atoms with van der Waals surface area (Å²) < 4.78 is 0. The number of carbonyl (C=O) groups is 1. The monoisotopic (exact) mass is 393 g/mol. The topological polar surface area (TPSA) is 118 Å². The van der Waals surface area contributed by atoms with Crippen LogP contribution in [0, 0.1) is 18.3 Å². The molecule has 2 heterocycles. The maximum atomic E-state index is 12.8. The third-order valence-corrected chi connectivity index (χ3v) is 6.00. The molecule has 0 bridgehead atoms. The summed E-state index contributed by atoms with van der Waals surface area (Å²) in [5, 5.41) is 13.3. The number of aryl methyl sites for hydroxylation is 1. The van der Waals surface area contributed by atoms with Crippen molar-refractivity contribution in [3.63, 3.8) is 0 Å². The minimum absolute atomic E-state index is 0.132. The normalized spacial score (nSPS) is 11.4. The molecule has 7 heteroatoms. The molecule has 0 aliphatic heterocycles. The van der Waals surface area contributed by atoms with Crippen molar-refractivity contribution in [3.8, 4) is 17.2 Å². The molecule has 0 spiro atoms. The number of nitriles is 1. The number of aromatic nitrogens is 1. The van der Waals surface area contributed by atoms with Crippen molar-refractivity contribution in [1.29, 1.82) is 5.26 Å². The van der Waals surface area contributed by atoms with Crippen LogP contribution >= 0.6 is 11.3 Å². The molecule has 3 rings (SSSR count). The van der Waals surface area contributed by atoms with Crippen LogP contribution < -0.4 is 16.8 Å². The number of hydrogen-bond donors (Lipinski definition) is 3. The fourth-order valence-corrected chi connectivity index (χ4v) is 3.92. The van der Waals surface area contributed by atoms with Gasteiger partial charge in [-0.25, -0.2) is 4.98 Å². The minimum Gasteiger partial charge on any atom is -0.397 e. The average molecular weight is 394 g/mol. The van der Waals surface area contributed by atoms with Crippen LogP contribution in [0.5, 0.6) is 0 Å². The van der Waals surface area contributed by atoms with Crippen molar-refractivity contribution >= 4 is 39.0 Å². The molecule has 144 valence electrons. The molecule has 28 heavy (non-hydrogen) atoms. The first kappa shape index (κ1) is 19.6. The van der Waals surface area contributed by atoms with E-state index >= 15 is 0 Å². The Balaban J connectivity index is 2.27. The predicted octanol–water partition coefficient (Wildman–Crippen LogP) is 4.23. The summed E-state index contributed by atoms with van der Waals surface area (Å²) in [5.41, 5.74) is 15.2. The maximum Gasteiger partial charge on any atom is 0.263 e. The lowest BCUT2D eigenvalue weighted by Crippen LogP contribution is -2.42. The fraction of sp³-hybridized carbons (Fsp3) is 0.286. The Labute approximate surface area is 168 Å². The van der Waals surface area contributed by atoms with Gasteiger partial charge in [-0.2, -0.15) is 5.26 Å². The van der Waals surface area contributed by atoms with Crippen molar-refractivity contribution in [1.82, 2.24) is 10.3 Å². The highest BCUT2D eigenvalue weighted by atomic mass is 32.1. The standard InChI is InChI=1S/C21H23N5OS/c1-5-21(3,4)26-19(27)17-16(23)15-14(12-8-6-11(2)7-9-12)13(10-22)18(24)25-20(15)28-17/h6-9H,5,23H2,1-4H3,(H2,24,25)(H,26,27). The van der Waals surface area contributed by atoms with Gasteiger partial charge in [-0.15, -0.1) is 11.3 Å². The van der Waals surface area contributed by atoms with E-state index in [0.717, 1.165) is 17.5 Å². The van der Waals surface area contributed by atoms with Crippen LogP contribution in [0.2, 0.25) is 0 Å². The number of rotatable bonds is 4. The van der Waals surface area contributed by atoms with Crippen molar-refractivity contribution in [3.05, 3.63) is 40.3 Å². The fourth-order valence-electron chi connectivity index (χ4n) is 2.91. The van der Waals surface area contributed by atoms with Gasteiger partial charge >= 0.3 is 0 Å². The van der Waals surface area contributed by atoms with Crippen LogP contribution in [-0.4, -0.2) is 16.4 Å². The first-order chi connectivity index (χ1) is 13.2. The quantitative estimate of drug-likeness (QED) is 0.613. The lowest BCUT2D eigenvalue weighted by Gasteiger charge is -2.24. The highest BCUT2D eigenvalue weighted by molar-refractivity contribution is 7.21. The molecule has 0 atom stereocenters. The number of nitrogens with two attached hydrogens (primary N) is 2. The number of benzene rings is 1. The molecule has 0 radical (unpaired) electrons. The molecule has 2 aromatic heterocycles. The molecule has 5 N–H and O–H groups in total. The average Bonchev–Trinajstić information content (AvgIpc) is 2.97. The molecule has 1 aromatic carbocycles. The number of thiophene rings is 1. The molecular weight excluding hydrogens is 370 g/mol. The largest absolute Gasteiger partial charge is 0.397 e. The second-order valence-electron chi connectivity index (χ2n) is 7.44.